The molecule has 0 saturated carbocycles. The number of piperidine rings is 1. The van der Waals surface area contributed by atoms with Crippen molar-refractivity contribution in [2.24, 2.45) is 5.92 Å². The van der Waals surface area contributed by atoms with Crippen molar-refractivity contribution in [3.63, 3.8) is 0 Å². The number of tetrazole rings is 1. The second-order valence-electron chi connectivity index (χ2n) is 6.55. The van der Waals surface area contributed by atoms with Crippen LogP contribution < -0.4 is 0 Å². The zero-order chi connectivity index (χ0) is 18.1. The molecule has 1 aliphatic heterocycles. The van der Waals surface area contributed by atoms with Crippen molar-refractivity contribution in [3.05, 3.63) is 33.1 Å². The van der Waals surface area contributed by atoms with Gasteiger partial charge in [-0.2, -0.15) is 4.80 Å². The van der Waals surface area contributed by atoms with E-state index in [0.29, 0.717) is 18.3 Å². The molecule has 3 aromatic rings. The lowest BCUT2D eigenvalue weighted by atomic mass is 9.98. The number of thiazole rings is 1. The van der Waals surface area contributed by atoms with Gasteiger partial charge in [-0.3, -0.25) is 4.79 Å². The van der Waals surface area contributed by atoms with Crippen molar-refractivity contribution in [3.8, 4) is 10.7 Å². The molecule has 4 heterocycles. The van der Waals surface area contributed by atoms with Gasteiger partial charge in [0.2, 0.25) is 5.82 Å². The Kier molecular flexibility index (Phi) is 4.82. The number of thiophene rings is 1. The number of likely N-dealkylation sites (tertiary alicyclic amines) is 1. The first kappa shape index (κ1) is 17.3. The van der Waals surface area contributed by atoms with E-state index in [1.54, 1.807) is 16.1 Å². The quantitative estimate of drug-likeness (QED) is 0.687. The van der Waals surface area contributed by atoms with Gasteiger partial charge in [0.05, 0.1) is 22.1 Å². The predicted molar refractivity (Wildman–Crippen MR) is 101 cm³/mol. The lowest BCUT2D eigenvalue weighted by Crippen LogP contribution is -2.41. The lowest BCUT2D eigenvalue weighted by Gasteiger charge is -2.32. The minimum absolute atomic E-state index is 0.101. The van der Waals surface area contributed by atoms with Crippen LogP contribution in [0.15, 0.2) is 17.5 Å². The molecule has 0 unspecified atom stereocenters. The van der Waals surface area contributed by atoms with E-state index in [2.05, 4.69) is 20.4 Å². The van der Waals surface area contributed by atoms with Gasteiger partial charge in [0, 0.05) is 13.1 Å². The molecule has 9 heteroatoms. The number of hydrogen-bond donors (Lipinski definition) is 0. The fraction of sp³-hybridized carbons (Fsp3) is 0.471. The minimum Gasteiger partial charge on any atom is -0.338 e. The SMILES string of the molecule is Cc1nc(C)c(C(=O)N2CCC[C@@H](Cn3nnc(-c4cccs4)n3)C2)s1. The van der Waals surface area contributed by atoms with E-state index in [1.165, 1.54) is 11.3 Å². The third-order valence-corrected chi connectivity index (χ3v) is 6.45. The number of rotatable bonds is 4. The number of aromatic nitrogens is 5. The standard InChI is InChI=1S/C17H20N6OS2/c1-11-15(26-12(2)18-11)17(24)22-7-3-5-13(9-22)10-23-20-16(19-21-23)14-6-4-8-25-14/h4,6,8,13H,3,5,7,9-10H2,1-2H3/t13-/m1/s1. The van der Waals surface area contributed by atoms with Crippen molar-refractivity contribution < 1.29 is 4.79 Å². The smallest absolute Gasteiger partial charge is 0.265 e. The van der Waals surface area contributed by atoms with Gasteiger partial charge in [-0.25, -0.2) is 4.98 Å². The zero-order valence-electron chi connectivity index (χ0n) is 14.8. The summed E-state index contributed by atoms with van der Waals surface area (Å²) < 4.78 is 0. The third-order valence-electron chi connectivity index (χ3n) is 4.52. The van der Waals surface area contributed by atoms with E-state index in [4.69, 9.17) is 0 Å². The van der Waals surface area contributed by atoms with E-state index in [1.807, 2.05) is 36.3 Å². The van der Waals surface area contributed by atoms with Gasteiger partial charge in [-0.15, -0.1) is 32.9 Å². The van der Waals surface area contributed by atoms with Crippen LogP contribution in [0.2, 0.25) is 0 Å². The van der Waals surface area contributed by atoms with Crippen molar-refractivity contribution in [1.82, 2.24) is 30.1 Å². The highest BCUT2D eigenvalue weighted by atomic mass is 32.1. The van der Waals surface area contributed by atoms with Crippen molar-refractivity contribution in [2.45, 2.75) is 33.2 Å². The topological polar surface area (TPSA) is 76.8 Å². The van der Waals surface area contributed by atoms with Crippen molar-refractivity contribution in [2.75, 3.05) is 13.1 Å². The van der Waals surface area contributed by atoms with Gasteiger partial charge >= 0.3 is 0 Å². The van der Waals surface area contributed by atoms with Crippen molar-refractivity contribution in [1.29, 1.82) is 0 Å². The Hall–Kier alpha value is -2.13. The Morgan fingerprint density at radius 3 is 3.00 bits per heavy atom. The molecule has 1 aliphatic rings. The van der Waals surface area contributed by atoms with Crippen LogP contribution in [0.25, 0.3) is 10.7 Å². The maximum absolute atomic E-state index is 12.8. The van der Waals surface area contributed by atoms with Gasteiger partial charge in [0.25, 0.3) is 5.91 Å². The van der Waals surface area contributed by atoms with Gasteiger partial charge in [0.15, 0.2) is 0 Å². The Morgan fingerprint density at radius 2 is 2.27 bits per heavy atom. The Morgan fingerprint density at radius 1 is 1.38 bits per heavy atom. The summed E-state index contributed by atoms with van der Waals surface area (Å²) in [6.45, 7) is 6.06. The summed E-state index contributed by atoms with van der Waals surface area (Å²) in [5.74, 6) is 1.11. The summed E-state index contributed by atoms with van der Waals surface area (Å²) in [4.78, 5) is 22.6. The van der Waals surface area contributed by atoms with Crippen LogP contribution in [-0.2, 0) is 6.54 Å². The molecule has 0 bridgehead atoms. The van der Waals surface area contributed by atoms with E-state index in [9.17, 15) is 4.79 Å². The maximum atomic E-state index is 12.8. The second-order valence-corrected chi connectivity index (χ2v) is 8.70. The lowest BCUT2D eigenvalue weighted by molar-refractivity contribution is 0.0660. The molecule has 3 aromatic heterocycles. The van der Waals surface area contributed by atoms with E-state index in [-0.39, 0.29) is 5.91 Å². The average molecular weight is 389 g/mol. The largest absolute Gasteiger partial charge is 0.338 e. The van der Waals surface area contributed by atoms with Gasteiger partial charge < -0.3 is 4.90 Å². The van der Waals surface area contributed by atoms with Crippen LogP contribution in [0.3, 0.4) is 0 Å². The molecular weight excluding hydrogens is 368 g/mol. The summed E-state index contributed by atoms with van der Waals surface area (Å²) in [5.41, 5.74) is 0.832. The molecule has 26 heavy (non-hydrogen) atoms. The first-order valence-corrected chi connectivity index (χ1v) is 10.3. The van der Waals surface area contributed by atoms with Gasteiger partial charge in [0.1, 0.15) is 4.88 Å². The molecule has 1 atom stereocenters. The van der Waals surface area contributed by atoms with Crippen LogP contribution >= 0.6 is 22.7 Å². The molecule has 0 N–H and O–H groups in total. The summed E-state index contributed by atoms with van der Waals surface area (Å²) in [5, 5.41) is 15.8. The number of amides is 1. The fourth-order valence-corrected chi connectivity index (χ4v) is 4.86. The second kappa shape index (κ2) is 7.24. The normalized spacial score (nSPS) is 17.6. The van der Waals surface area contributed by atoms with Crippen LogP contribution in [0, 0.1) is 19.8 Å². The number of aryl methyl sites for hydroxylation is 2. The highest BCUT2D eigenvalue weighted by Gasteiger charge is 2.27. The zero-order valence-corrected chi connectivity index (χ0v) is 16.4. The highest BCUT2D eigenvalue weighted by molar-refractivity contribution is 7.13. The summed E-state index contributed by atoms with van der Waals surface area (Å²) in [6, 6.07) is 3.97. The summed E-state index contributed by atoms with van der Waals surface area (Å²) in [6.07, 6.45) is 2.07. The molecule has 1 amide bonds. The highest BCUT2D eigenvalue weighted by Crippen LogP contribution is 2.24. The van der Waals surface area contributed by atoms with E-state index < -0.39 is 0 Å². The molecule has 1 saturated heterocycles. The average Bonchev–Trinajstić information content (AvgIpc) is 3.35. The first-order valence-electron chi connectivity index (χ1n) is 8.65. The Labute approximate surface area is 159 Å². The minimum atomic E-state index is 0.101. The number of carbonyl (C=O) groups excluding carboxylic acids is 1. The molecule has 136 valence electrons. The summed E-state index contributed by atoms with van der Waals surface area (Å²) in [7, 11) is 0. The van der Waals surface area contributed by atoms with Gasteiger partial charge in [-0.1, -0.05) is 6.07 Å². The molecule has 1 fully saturated rings. The van der Waals surface area contributed by atoms with Crippen molar-refractivity contribution >= 4 is 28.6 Å². The van der Waals surface area contributed by atoms with E-state index >= 15 is 0 Å². The van der Waals surface area contributed by atoms with Crippen LogP contribution in [0.4, 0.5) is 0 Å². The predicted octanol–water partition coefficient (Wildman–Crippen LogP) is 3.03. The van der Waals surface area contributed by atoms with Crippen LogP contribution in [0.5, 0.6) is 0 Å². The number of carbonyl (C=O) groups is 1. The fourth-order valence-electron chi connectivity index (χ4n) is 3.33. The number of nitrogens with zero attached hydrogens (tertiary/aromatic N) is 6. The van der Waals surface area contributed by atoms with E-state index in [0.717, 1.165) is 46.4 Å². The molecule has 0 aromatic carbocycles. The molecule has 4 rings (SSSR count). The maximum Gasteiger partial charge on any atom is 0.265 e. The third kappa shape index (κ3) is 3.54. The summed E-state index contributed by atoms with van der Waals surface area (Å²) >= 11 is 3.09. The first-order chi connectivity index (χ1) is 12.6. The Balaban J connectivity index is 1.42. The number of hydrogen-bond acceptors (Lipinski definition) is 7. The molecule has 0 aliphatic carbocycles. The van der Waals surface area contributed by atoms with Crippen LogP contribution in [-0.4, -0.2) is 49.1 Å². The molecule has 7 nitrogen and oxygen atoms in total. The Bertz CT molecular complexity index is 900. The van der Waals surface area contributed by atoms with Crippen LogP contribution in [0.1, 0.15) is 33.2 Å². The molecule has 0 spiro atoms. The molecular formula is C17H20N6OS2. The van der Waals surface area contributed by atoms with Gasteiger partial charge in [-0.05, 0) is 49.3 Å². The monoisotopic (exact) mass is 388 g/mol. The molecule has 0 radical (unpaired) electrons.